The zero-order chi connectivity index (χ0) is 9.68. The minimum absolute atomic E-state index is 0.725. The average Bonchev–Trinajstić information content (AvgIpc) is 2.30. The summed E-state index contributed by atoms with van der Waals surface area (Å²) in [6.07, 6.45) is 6.96. The molecule has 0 aromatic heterocycles. The van der Waals surface area contributed by atoms with Crippen molar-refractivity contribution in [1.29, 1.82) is 0 Å². The SMILES string of the molecule is CCNC1CCCCCC1N(C)C. The van der Waals surface area contributed by atoms with Crippen molar-refractivity contribution in [1.82, 2.24) is 10.2 Å². The number of likely N-dealkylation sites (N-methyl/N-ethyl adjacent to an activating group) is 2. The molecule has 2 heteroatoms. The van der Waals surface area contributed by atoms with Gasteiger partial charge in [0.2, 0.25) is 0 Å². The Kier molecular flexibility index (Phi) is 4.74. The Balaban J connectivity index is 2.50. The summed E-state index contributed by atoms with van der Waals surface area (Å²) in [4.78, 5) is 2.39. The van der Waals surface area contributed by atoms with E-state index in [0.717, 1.165) is 18.6 Å². The second kappa shape index (κ2) is 5.61. The van der Waals surface area contributed by atoms with E-state index in [1.54, 1.807) is 0 Å². The molecule has 0 radical (unpaired) electrons. The molecule has 2 unspecified atom stereocenters. The van der Waals surface area contributed by atoms with Gasteiger partial charge in [0.05, 0.1) is 0 Å². The fraction of sp³-hybridized carbons (Fsp3) is 1.00. The molecular weight excluding hydrogens is 160 g/mol. The highest BCUT2D eigenvalue weighted by atomic mass is 15.1. The van der Waals surface area contributed by atoms with Crippen LogP contribution in [0.2, 0.25) is 0 Å². The van der Waals surface area contributed by atoms with E-state index in [2.05, 4.69) is 31.2 Å². The van der Waals surface area contributed by atoms with Gasteiger partial charge in [0.15, 0.2) is 0 Å². The van der Waals surface area contributed by atoms with Crippen LogP contribution < -0.4 is 5.32 Å². The van der Waals surface area contributed by atoms with Crippen molar-refractivity contribution >= 4 is 0 Å². The van der Waals surface area contributed by atoms with Crippen LogP contribution in [0.3, 0.4) is 0 Å². The highest BCUT2D eigenvalue weighted by Crippen LogP contribution is 2.20. The van der Waals surface area contributed by atoms with Gasteiger partial charge in [-0.1, -0.05) is 26.2 Å². The Hall–Kier alpha value is -0.0800. The van der Waals surface area contributed by atoms with Gasteiger partial charge in [0, 0.05) is 12.1 Å². The first kappa shape index (κ1) is 11.0. The molecule has 0 amide bonds. The summed E-state index contributed by atoms with van der Waals surface area (Å²) in [6.45, 7) is 3.31. The normalized spacial score (nSPS) is 30.5. The average molecular weight is 184 g/mol. The molecule has 78 valence electrons. The zero-order valence-corrected chi connectivity index (χ0v) is 9.34. The summed E-state index contributed by atoms with van der Waals surface area (Å²) in [5.41, 5.74) is 0. The summed E-state index contributed by atoms with van der Waals surface area (Å²) in [7, 11) is 4.42. The van der Waals surface area contributed by atoms with E-state index in [-0.39, 0.29) is 0 Å². The maximum atomic E-state index is 3.61. The van der Waals surface area contributed by atoms with Crippen LogP contribution in [-0.2, 0) is 0 Å². The summed E-state index contributed by atoms with van der Waals surface area (Å²) in [5, 5.41) is 3.61. The van der Waals surface area contributed by atoms with Gasteiger partial charge in [-0.3, -0.25) is 0 Å². The third-order valence-electron chi connectivity index (χ3n) is 3.11. The van der Waals surface area contributed by atoms with Gasteiger partial charge in [-0.05, 0) is 33.5 Å². The predicted molar refractivity (Wildman–Crippen MR) is 58.0 cm³/mol. The second-order valence-corrected chi connectivity index (χ2v) is 4.33. The number of rotatable bonds is 3. The minimum atomic E-state index is 0.725. The number of hydrogen-bond acceptors (Lipinski definition) is 2. The Labute approximate surface area is 82.7 Å². The lowest BCUT2D eigenvalue weighted by Gasteiger charge is -2.31. The fourth-order valence-corrected chi connectivity index (χ4v) is 2.41. The van der Waals surface area contributed by atoms with Crippen LogP contribution in [0, 0.1) is 0 Å². The predicted octanol–water partition coefficient (Wildman–Crippen LogP) is 1.86. The van der Waals surface area contributed by atoms with E-state index < -0.39 is 0 Å². The summed E-state index contributed by atoms with van der Waals surface area (Å²) in [6, 6.07) is 1.48. The smallest absolute Gasteiger partial charge is 0.0243 e. The molecule has 1 saturated carbocycles. The first-order chi connectivity index (χ1) is 6.25. The molecule has 0 saturated heterocycles. The third-order valence-corrected chi connectivity index (χ3v) is 3.11. The molecule has 0 aromatic carbocycles. The Morgan fingerprint density at radius 2 is 1.85 bits per heavy atom. The van der Waals surface area contributed by atoms with Gasteiger partial charge >= 0.3 is 0 Å². The largest absolute Gasteiger partial charge is 0.313 e. The summed E-state index contributed by atoms with van der Waals surface area (Å²) in [5.74, 6) is 0. The van der Waals surface area contributed by atoms with E-state index in [0.29, 0.717) is 0 Å². The topological polar surface area (TPSA) is 15.3 Å². The number of nitrogens with one attached hydrogen (secondary N) is 1. The lowest BCUT2D eigenvalue weighted by atomic mass is 10.0. The lowest BCUT2D eigenvalue weighted by molar-refractivity contribution is 0.218. The zero-order valence-electron chi connectivity index (χ0n) is 9.34. The lowest BCUT2D eigenvalue weighted by Crippen LogP contribution is -2.46. The molecule has 0 aromatic rings. The van der Waals surface area contributed by atoms with Crippen LogP contribution in [0.25, 0.3) is 0 Å². The van der Waals surface area contributed by atoms with Crippen LogP contribution in [0.5, 0.6) is 0 Å². The Bertz CT molecular complexity index is 134. The van der Waals surface area contributed by atoms with Crippen molar-refractivity contribution in [2.75, 3.05) is 20.6 Å². The number of nitrogens with zero attached hydrogens (tertiary/aromatic N) is 1. The maximum absolute atomic E-state index is 3.61. The first-order valence-electron chi connectivity index (χ1n) is 5.65. The van der Waals surface area contributed by atoms with E-state index in [9.17, 15) is 0 Å². The molecule has 0 heterocycles. The highest BCUT2D eigenvalue weighted by molar-refractivity contribution is 4.84. The Morgan fingerprint density at radius 1 is 1.15 bits per heavy atom. The summed E-state index contributed by atoms with van der Waals surface area (Å²) < 4.78 is 0. The molecule has 1 N–H and O–H groups in total. The van der Waals surface area contributed by atoms with Crippen molar-refractivity contribution in [2.24, 2.45) is 0 Å². The van der Waals surface area contributed by atoms with Gasteiger partial charge < -0.3 is 10.2 Å². The standard InChI is InChI=1S/C11H24N2/c1-4-12-10-8-6-5-7-9-11(10)13(2)3/h10-12H,4-9H2,1-3H3. The van der Waals surface area contributed by atoms with Gasteiger partial charge in [-0.15, -0.1) is 0 Å². The minimum Gasteiger partial charge on any atom is -0.313 e. The summed E-state index contributed by atoms with van der Waals surface area (Å²) >= 11 is 0. The van der Waals surface area contributed by atoms with Crippen LogP contribution in [0.1, 0.15) is 39.0 Å². The van der Waals surface area contributed by atoms with Gasteiger partial charge in [0.25, 0.3) is 0 Å². The molecule has 13 heavy (non-hydrogen) atoms. The maximum Gasteiger partial charge on any atom is 0.0243 e. The van der Waals surface area contributed by atoms with Gasteiger partial charge in [0.1, 0.15) is 0 Å². The van der Waals surface area contributed by atoms with Crippen molar-refractivity contribution in [2.45, 2.75) is 51.1 Å². The molecule has 0 aliphatic heterocycles. The van der Waals surface area contributed by atoms with E-state index in [1.165, 1.54) is 32.1 Å². The van der Waals surface area contributed by atoms with Crippen molar-refractivity contribution in [3.8, 4) is 0 Å². The number of hydrogen-bond donors (Lipinski definition) is 1. The first-order valence-corrected chi connectivity index (χ1v) is 5.65. The van der Waals surface area contributed by atoms with Crippen molar-refractivity contribution in [3.63, 3.8) is 0 Å². The molecule has 1 rings (SSSR count). The Morgan fingerprint density at radius 3 is 2.46 bits per heavy atom. The molecule has 2 atom stereocenters. The van der Waals surface area contributed by atoms with Crippen LogP contribution in [0.4, 0.5) is 0 Å². The van der Waals surface area contributed by atoms with Crippen molar-refractivity contribution in [3.05, 3.63) is 0 Å². The van der Waals surface area contributed by atoms with E-state index >= 15 is 0 Å². The fourth-order valence-electron chi connectivity index (χ4n) is 2.41. The highest BCUT2D eigenvalue weighted by Gasteiger charge is 2.23. The van der Waals surface area contributed by atoms with E-state index in [4.69, 9.17) is 0 Å². The molecule has 1 aliphatic rings. The molecular formula is C11H24N2. The molecule has 0 spiro atoms. The molecule has 1 fully saturated rings. The monoisotopic (exact) mass is 184 g/mol. The molecule has 2 nitrogen and oxygen atoms in total. The molecule has 1 aliphatic carbocycles. The third kappa shape index (κ3) is 3.28. The van der Waals surface area contributed by atoms with E-state index in [1.807, 2.05) is 0 Å². The van der Waals surface area contributed by atoms with Crippen molar-refractivity contribution < 1.29 is 0 Å². The van der Waals surface area contributed by atoms with Gasteiger partial charge in [-0.2, -0.15) is 0 Å². The quantitative estimate of drug-likeness (QED) is 0.674. The van der Waals surface area contributed by atoms with Gasteiger partial charge in [-0.25, -0.2) is 0 Å². The van der Waals surface area contributed by atoms with Crippen LogP contribution in [-0.4, -0.2) is 37.6 Å². The molecule has 0 bridgehead atoms. The van der Waals surface area contributed by atoms with Crippen LogP contribution in [0.15, 0.2) is 0 Å². The second-order valence-electron chi connectivity index (χ2n) is 4.33. The van der Waals surface area contributed by atoms with Crippen LogP contribution >= 0.6 is 0 Å².